The van der Waals surface area contributed by atoms with Crippen molar-refractivity contribution in [3.05, 3.63) is 53.1 Å². The highest BCUT2D eigenvalue weighted by atomic mass is 35.5. The molecule has 2 saturated carbocycles. The number of nitrogens with one attached hydrogen (secondary N) is 2. The molecule has 1 aromatic heterocycles. The Morgan fingerprint density at radius 2 is 2.17 bits per heavy atom. The number of carbonyl (C=O) groups is 1. The molecule has 0 spiro atoms. The van der Waals surface area contributed by atoms with Crippen molar-refractivity contribution < 1.29 is 9.18 Å². The Bertz CT molecular complexity index is 1030. The van der Waals surface area contributed by atoms with Crippen LogP contribution in [0.2, 0.25) is 5.15 Å². The molecule has 3 aliphatic rings. The van der Waals surface area contributed by atoms with Crippen LogP contribution < -0.4 is 10.6 Å². The molecule has 3 fully saturated rings. The first-order valence-electron chi connectivity index (χ1n) is 10.3. The van der Waals surface area contributed by atoms with Crippen molar-refractivity contribution in [1.29, 1.82) is 5.26 Å². The van der Waals surface area contributed by atoms with Gasteiger partial charge in [-0.25, -0.2) is 9.37 Å². The van der Waals surface area contributed by atoms with Crippen molar-refractivity contribution in [2.45, 2.75) is 37.9 Å². The van der Waals surface area contributed by atoms with E-state index in [1.807, 2.05) is 0 Å². The van der Waals surface area contributed by atoms with Crippen LogP contribution in [0.4, 0.5) is 4.39 Å². The Labute approximate surface area is 179 Å². The van der Waals surface area contributed by atoms with Gasteiger partial charge in [0.15, 0.2) is 0 Å². The van der Waals surface area contributed by atoms with Gasteiger partial charge in [-0.1, -0.05) is 30.7 Å². The first-order chi connectivity index (χ1) is 14.5. The number of aromatic nitrogens is 1. The number of halogens is 2. The third-order valence-corrected chi connectivity index (χ3v) is 7.34. The van der Waals surface area contributed by atoms with Crippen molar-refractivity contribution in [2.75, 3.05) is 0 Å². The fourth-order valence-electron chi connectivity index (χ4n) is 5.65. The Hall–Kier alpha value is -2.49. The van der Waals surface area contributed by atoms with E-state index in [-0.39, 0.29) is 18.4 Å². The summed E-state index contributed by atoms with van der Waals surface area (Å²) in [6.07, 6.45) is 2.75. The van der Waals surface area contributed by atoms with E-state index in [0.29, 0.717) is 46.0 Å². The summed E-state index contributed by atoms with van der Waals surface area (Å²) >= 11 is 5.80. The lowest BCUT2D eigenvalue weighted by Gasteiger charge is -2.23. The number of pyridine rings is 1. The SMILES string of the molecule is CC1C2C1[C@H]1C[C@@H]2N[C@@H]1C(=O)N[C@H](C#N)Cc1ccc(-c2ccc(Cl)nc2)cc1F. The summed E-state index contributed by atoms with van der Waals surface area (Å²) in [5.74, 6) is 1.85. The zero-order chi connectivity index (χ0) is 21.0. The number of hydrogen-bond acceptors (Lipinski definition) is 4. The Balaban J connectivity index is 1.25. The lowest BCUT2D eigenvalue weighted by atomic mass is 9.94. The molecular weight excluding hydrogens is 403 g/mol. The molecule has 2 aromatic rings. The molecule has 7 heteroatoms. The number of amides is 1. The lowest BCUT2D eigenvalue weighted by molar-refractivity contribution is -0.124. The van der Waals surface area contributed by atoms with Gasteiger partial charge in [0, 0.05) is 24.2 Å². The zero-order valence-corrected chi connectivity index (χ0v) is 17.2. The maximum Gasteiger partial charge on any atom is 0.238 e. The smallest absolute Gasteiger partial charge is 0.238 e. The van der Waals surface area contributed by atoms with Crippen molar-refractivity contribution >= 4 is 17.5 Å². The van der Waals surface area contributed by atoms with Crippen molar-refractivity contribution in [1.82, 2.24) is 15.6 Å². The summed E-state index contributed by atoms with van der Waals surface area (Å²) in [4.78, 5) is 16.8. The van der Waals surface area contributed by atoms with Gasteiger partial charge in [-0.3, -0.25) is 4.79 Å². The average Bonchev–Trinajstić information content (AvgIpc) is 3.10. The summed E-state index contributed by atoms with van der Waals surface area (Å²) in [5, 5.41) is 16.2. The third kappa shape index (κ3) is 3.27. The molecule has 2 aliphatic carbocycles. The lowest BCUT2D eigenvalue weighted by Crippen LogP contribution is -2.51. The molecule has 1 aromatic carbocycles. The van der Waals surface area contributed by atoms with Crippen LogP contribution in [0.1, 0.15) is 18.9 Å². The summed E-state index contributed by atoms with van der Waals surface area (Å²) in [7, 11) is 0. The number of fused-ring (bicyclic) bond motifs is 5. The van der Waals surface area contributed by atoms with E-state index in [1.54, 1.807) is 30.5 Å². The Morgan fingerprint density at radius 3 is 2.83 bits per heavy atom. The molecule has 3 unspecified atom stereocenters. The van der Waals surface area contributed by atoms with Gasteiger partial charge in [-0.2, -0.15) is 5.26 Å². The van der Waals surface area contributed by atoms with E-state index in [1.165, 1.54) is 6.07 Å². The molecule has 154 valence electrons. The predicted octanol–water partition coefficient (Wildman–Crippen LogP) is 3.33. The van der Waals surface area contributed by atoms with Crippen LogP contribution in [0.15, 0.2) is 36.5 Å². The van der Waals surface area contributed by atoms with Gasteiger partial charge in [0.2, 0.25) is 5.91 Å². The number of nitrogens with zero attached hydrogens (tertiary/aromatic N) is 2. The Kier molecular flexibility index (Phi) is 4.76. The minimum Gasteiger partial charge on any atom is -0.339 e. The molecule has 2 heterocycles. The standard InChI is InChI=1S/C23H22ClFN4O/c1-11-20-16-8-18(21(11)20)29-22(16)23(30)28-15(9-26)6-13-3-2-12(7-17(13)25)14-4-5-19(24)27-10-14/h2-5,7,10-11,15-16,18,20-22,29H,6,8H2,1H3,(H,28,30)/t11?,15-,16+,18-,20?,21?,22-/m0/s1. The van der Waals surface area contributed by atoms with Gasteiger partial charge in [0.25, 0.3) is 0 Å². The number of benzene rings is 1. The van der Waals surface area contributed by atoms with Crippen molar-refractivity contribution in [2.24, 2.45) is 23.7 Å². The quantitative estimate of drug-likeness (QED) is 0.722. The minimum absolute atomic E-state index is 0.122. The zero-order valence-electron chi connectivity index (χ0n) is 16.5. The van der Waals surface area contributed by atoms with Gasteiger partial charge in [0.05, 0.1) is 12.1 Å². The van der Waals surface area contributed by atoms with E-state index in [4.69, 9.17) is 11.6 Å². The van der Waals surface area contributed by atoms with Crippen molar-refractivity contribution in [3.63, 3.8) is 0 Å². The van der Waals surface area contributed by atoms with Crippen LogP contribution in [-0.4, -0.2) is 29.0 Å². The second-order valence-electron chi connectivity index (χ2n) is 8.73. The highest BCUT2D eigenvalue weighted by Gasteiger charge is 2.67. The number of nitriles is 1. The maximum atomic E-state index is 14.7. The van der Waals surface area contributed by atoms with Crippen LogP contribution in [0, 0.1) is 40.8 Å². The van der Waals surface area contributed by atoms with Crippen LogP contribution in [-0.2, 0) is 11.2 Å². The number of piperidine rings is 1. The first-order valence-corrected chi connectivity index (χ1v) is 10.7. The van der Waals surface area contributed by atoms with Gasteiger partial charge >= 0.3 is 0 Å². The molecule has 7 atom stereocenters. The highest BCUT2D eigenvalue weighted by Crippen LogP contribution is 2.64. The second-order valence-corrected chi connectivity index (χ2v) is 9.12. The summed E-state index contributed by atoms with van der Waals surface area (Å²) < 4.78 is 14.7. The maximum absolute atomic E-state index is 14.7. The first kappa shape index (κ1) is 19.5. The molecule has 5 nitrogen and oxygen atoms in total. The average molecular weight is 425 g/mol. The summed E-state index contributed by atoms with van der Waals surface area (Å²) in [6.45, 7) is 2.25. The van der Waals surface area contributed by atoms with Gasteiger partial charge < -0.3 is 10.6 Å². The number of rotatable bonds is 5. The van der Waals surface area contributed by atoms with Crippen LogP contribution >= 0.6 is 11.6 Å². The topological polar surface area (TPSA) is 77.8 Å². The predicted molar refractivity (Wildman–Crippen MR) is 111 cm³/mol. The highest BCUT2D eigenvalue weighted by molar-refractivity contribution is 6.29. The number of hydrogen-bond donors (Lipinski definition) is 2. The van der Waals surface area contributed by atoms with E-state index in [9.17, 15) is 14.4 Å². The molecule has 2 N–H and O–H groups in total. The molecule has 30 heavy (non-hydrogen) atoms. The molecule has 1 aliphatic heterocycles. The monoisotopic (exact) mass is 424 g/mol. The normalized spacial score (nSPS) is 31.7. The van der Waals surface area contributed by atoms with Gasteiger partial charge in [-0.15, -0.1) is 0 Å². The van der Waals surface area contributed by atoms with Crippen LogP contribution in [0.3, 0.4) is 0 Å². The fourth-order valence-corrected chi connectivity index (χ4v) is 5.77. The molecule has 0 radical (unpaired) electrons. The molecule has 2 bridgehead atoms. The largest absolute Gasteiger partial charge is 0.339 e. The molecule has 1 amide bonds. The van der Waals surface area contributed by atoms with Crippen LogP contribution in [0.25, 0.3) is 11.1 Å². The molecular formula is C23H22ClFN4O. The van der Waals surface area contributed by atoms with Gasteiger partial charge in [-0.05, 0) is 59.4 Å². The second kappa shape index (κ2) is 7.33. The van der Waals surface area contributed by atoms with E-state index in [2.05, 4.69) is 28.6 Å². The van der Waals surface area contributed by atoms with E-state index >= 15 is 0 Å². The van der Waals surface area contributed by atoms with Crippen LogP contribution in [0.5, 0.6) is 0 Å². The van der Waals surface area contributed by atoms with Gasteiger partial charge in [0.1, 0.15) is 17.0 Å². The van der Waals surface area contributed by atoms with Crippen molar-refractivity contribution in [3.8, 4) is 17.2 Å². The van der Waals surface area contributed by atoms with E-state index in [0.717, 1.165) is 12.0 Å². The summed E-state index contributed by atoms with van der Waals surface area (Å²) in [5.41, 5.74) is 1.83. The Morgan fingerprint density at radius 1 is 1.37 bits per heavy atom. The summed E-state index contributed by atoms with van der Waals surface area (Å²) in [6, 6.07) is 9.81. The van der Waals surface area contributed by atoms with E-state index < -0.39 is 11.9 Å². The molecule has 5 rings (SSSR count). The fraction of sp³-hybridized carbons (Fsp3) is 0.435. The minimum atomic E-state index is -0.775. The molecule has 1 saturated heterocycles. The number of carbonyl (C=O) groups excluding carboxylic acids is 1. The third-order valence-electron chi connectivity index (χ3n) is 7.12.